The highest BCUT2D eigenvalue weighted by molar-refractivity contribution is 8.00. The molecule has 1 heterocycles. The number of piperidine rings is 1. The Balaban J connectivity index is 1.65. The summed E-state index contributed by atoms with van der Waals surface area (Å²) in [6.07, 6.45) is 0.497. The molecule has 0 aliphatic carbocycles. The van der Waals surface area contributed by atoms with Crippen molar-refractivity contribution >= 4 is 29.1 Å². The molecule has 0 spiro atoms. The number of rotatable bonds is 4. The third-order valence-corrected chi connectivity index (χ3v) is 6.98. The standard InChI is InChI=1S/C25H24ClNOS/c1-16-3-7-18(8-4-16)22-15-23(28)25(29-21-13-11-20(26)12-14-21)24(27-22)19-9-5-17(2)6-10-19/h3-14,22,24-25,27H,15H2,1-2H3. The molecule has 0 aromatic heterocycles. The number of hydrogen-bond donors (Lipinski definition) is 1. The number of ketones is 1. The number of carbonyl (C=O) groups is 1. The first-order valence-corrected chi connectivity index (χ1v) is 11.1. The first kappa shape index (κ1) is 20.2. The zero-order valence-electron chi connectivity index (χ0n) is 16.6. The van der Waals surface area contributed by atoms with E-state index in [0.29, 0.717) is 11.4 Å². The second-order valence-corrected chi connectivity index (χ2v) is 9.33. The van der Waals surface area contributed by atoms with Crippen LogP contribution in [-0.4, -0.2) is 11.0 Å². The van der Waals surface area contributed by atoms with Crippen molar-refractivity contribution in [3.05, 3.63) is 100 Å². The summed E-state index contributed by atoms with van der Waals surface area (Å²) in [4.78, 5) is 14.3. The van der Waals surface area contributed by atoms with Crippen LogP contribution in [0.1, 0.15) is 40.8 Å². The van der Waals surface area contributed by atoms with Gasteiger partial charge in [0.25, 0.3) is 0 Å². The van der Waals surface area contributed by atoms with E-state index in [4.69, 9.17) is 11.6 Å². The van der Waals surface area contributed by atoms with Crippen molar-refractivity contribution in [2.75, 3.05) is 0 Å². The fraction of sp³-hybridized carbons (Fsp3) is 0.240. The first-order chi connectivity index (χ1) is 14.0. The maximum atomic E-state index is 13.3. The maximum absolute atomic E-state index is 13.3. The summed E-state index contributed by atoms with van der Waals surface area (Å²) in [6.45, 7) is 4.16. The highest BCUT2D eigenvalue weighted by atomic mass is 35.5. The Hall–Kier alpha value is -2.07. The summed E-state index contributed by atoms with van der Waals surface area (Å²) < 4.78 is 0. The Morgan fingerprint density at radius 2 is 1.38 bits per heavy atom. The number of hydrogen-bond acceptors (Lipinski definition) is 3. The summed E-state index contributed by atoms with van der Waals surface area (Å²) >= 11 is 7.65. The van der Waals surface area contributed by atoms with Gasteiger partial charge < -0.3 is 5.32 Å². The molecule has 3 atom stereocenters. The van der Waals surface area contributed by atoms with Crippen molar-refractivity contribution in [3.63, 3.8) is 0 Å². The van der Waals surface area contributed by atoms with E-state index in [1.807, 2.05) is 24.3 Å². The van der Waals surface area contributed by atoms with Gasteiger partial charge in [-0.25, -0.2) is 0 Å². The number of nitrogens with one attached hydrogen (secondary N) is 1. The predicted molar refractivity (Wildman–Crippen MR) is 122 cm³/mol. The Labute approximate surface area is 181 Å². The molecule has 0 bridgehead atoms. The van der Waals surface area contributed by atoms with Gasteiger partial charge in [-0.1, -0.05) is 71.3 Å². The minimum Gasteiger partial charge on any atom is -0.301 e. The van der Waals surface area contributed by atoms with E-state index < -0.39 is 0 Å². The van der Waals surface area contributed by atoms with Crippen LogP contribution in [0, 0.1) is 13.8 Å². The summed E-state index contributed by atoms with van der Waals surface area (Å²) in [5.41, 5.74) is 4.75. The zero-order chi connectivity index (χ0) is 20.4. The minimum absolute atomic E-state index is 0.0245. The van der Waals surface area contributed by atoms with Gasteiger partial charge in [0.15, 0.2) is 0 Å². The molecule has 1 fully saturated rings. The zero-order valence-corrected chi connectivity index (χ0v) is 18.1. The van der Waals surface area contributed by atoms with E-state index in [2.05, 4.69) is 67.7 Å². The molecule has 1 aliphatic heterocycles. The summed E-state index contributed by atoms with van der Waals surface area (Å²) in [5.74, 6) is 0.278. The highest BCUT2D eigenvalue weighted by Gasteiger charge is 2.38. The van der Waals surface area contributed by atoms with Crippen LogP contribution in [-0.2, 0) is 4.79 Å². The smallest absolute Gasteiger partial charge is 0.150 e. The fourth-order valence-corrected chi connectivity index (χ4v) is 5.03. The SMILES string of the molecule is Cc1ccc(C2CC(=O)C(Sc3ccc(Cl)cc3)C(c3ccc(C)cc3)N2)cc1. The van der Waals surface area contributed by atoms with E-state index in [-0.39, 0.29) is 23.1 Å². The number of aryl methyl sites for hydroxylation is 2. The molecule has 0 amide bonds. The van der Waals surface area contributed by atoms with Crippen LogP contribution in [0.4, 0.5) is 0 Å². The van der Waals surface area contributed by atoms with Crippen LogP contribution in [0.15, 0.2) is 77.7 Å². The lowest BCUT2D eigenvalue weighted by atomic mass is 9.88. The Morgan fingerprint density at radius 3 is 1.97 bits per heavy atom. The predicted octanol–water partition coefficient (Wildman–Crippen LogP) is 6.46. The van der Waals surface area contributed by atoms with Gasteiger partial charge in [-0.15, -0.1) is 11.8 Å². The molecule has 3 unspecified atom stereocenters. The monoisotopic (exact) mass is 421 g/mol. The molecular formula is C25H24ClNOS. The average molecular weight is 422 g/mol. The number of Topliss-reactive ketones (excluding diaryl/α,β-unsaturated/α-hetero) is 1. The molecule has 29 heavy (non-hydrogen) atoms. The minimum atomic E-state index is -0.180. The molecule has 0 radical (unpaired) electrons. The van der Waals surface area contributed by atoms with E-state index >= 15 is 0 Å². The van der Waals surface area contributed by atoms with Crippen molar-refractivity contribution < 1.29 is 4.79 Å². The second-order valence-electron chi connectivity index (χ2n) is 7.68. The van der Waals surface area contributed by atoms with E-state index in [9.17, 15) is 4.79 Å². The molecule has 4 rings (SSSR count). The van der Waals surface area contributed by atoms with Crippen LogP contribution in [0.2, 0.25) is 5.02 Å². The van der Waals surface area contributed by atoms with Gasteiger partial charge in [0.05, 0.1) is 11.3 Å². The van der Waals surface area contributed by atoms with Crippen molar-refractivity contribution in [1.29, 1.82) is 0 Å². The summed E-state index contributed by atoms with van der Waals surface area (Å²) in [7, 11) is 0. The highest BCUT2D eigenvalue weighted by Crippen LogP contribution is 2.40. The van der Waals surface area contributed by atoms with Gasteiger partial charge in [-0.2, -0.15) is 0 Å². The number of thioether (sulfide) groups is 1. The van der Waals surface area contributed by atoms with Gasteiger partial charge in [0, 0.05) is 22.4 Å². The van der Waals surface area contributed by atoms with E-state index in [0.717, 1.165) is 16.0 Å². The van der Waals surface area contributed by atoms with Crippen molar-refractivity contribution in [2.24, 2.45) is 0 Å². The first-order valence-electron chi connectivity index (χ1n) is 9.84. The Kier molecular flexibility index (Phi) is 6.09. The van der Waals surface area contributed by atoms with Crippen molar-refractivity contribution in [2.45, 2.75) is 42.5 Å². The topological polar surface area (TPSA) is 29.1 Å². The van der Waals surface area contributed by atoms with Crippen molar-refractivity contribution in [3.8, 4) is 0 Å². The summed E-state index contributed by atoms with van der Waals surface area (Å²) in [6, 6.07) is 24.6. The van der Waals surface area contributed by atoms with Crippen LogP contribution in [0.25, 0.3) is 0 Å². The lowest BCUT2D eigenvalue weighted by molar-refractivity contribution is -0.121. The molecule has 1 saturated heterocycles. The average Bonchev–Trinajstić information content (AvgIpc) is 2.72. The third kappa shape index (κ3) is 4.75. The van der Waals surface area contributed by atoms with E-state index in [1.165, 1.54) is 11.1 Å². The van der Waals surface area contributed by atoms with Gasteiger partial charge in [-0.3, -0.25) is 4.79 Å². The molecule has 0 saturated carbocycles. The van der Waals surface area contributed by atoms with Crippen molar-refractivity contribution in [1.82, 2.24) is 5.32 Å². The number of halogens is 1. The second kappa shape index (κ2) is 8.74. The molecule has 2 nitrogen and oxygen atoms in total. The summed E-state index contributed by atoms with van der Waals surface area (Å²) in [5, 5.41) is 4.29. The van der Waals surface area contributed by atoms with Crippen LogP contribution >= 0.6 is 23.4 Å². The molecule has 148 valence electrons. The van der Waals surface area contributed by atoms with Gasteiger partial charge in [-0.05, 0) is 49.2 Å². The fourth-order valence-electron chi connectivity index (χ4n) is 3.72. The Bertz CT molecular complexity index is 983. The molecule has 1 aliphatic rings. The number of benzene rings is 3. The quantitative estimate of drug-likeness (QED) is 0.523. The molecule has 4 heteroatoms. The van der Waals surface area contributed by atoms with Crippen LogP contribution in [0.5, 0.6) is 0 Å². The lowest BCUT2D eigenvalue weighted by Gasteiger charge is -2.37. The number of carbonyl (C=O) groups excluding carboxylic acids is 1. The molecular weight excluding hydrogens is 398 g/mol. The molecule has 3 aromatic carbocycles. The molecule has 1 N–H and O–H groups in total. The van der Waals surface area contributed by atoms with E-state index in [1.54, 1.807) is 11.8 Å². The van der Waals surface area contributed by atoms with Crippen LogP contribution in [0.3, 0.4) is 0 Å². The third-order valence-electron chi connectivity index (χ3n) is 5.40. The van der Waals surface area contributed by atoms with Gasteiger partial charge >= 0.3 is 0 Å². The molecule has 3 aromatic rings. The normalized spacial score (nSPS) is 21.9. The maximum Gasteiger partial charge on any atom is 0.150 e. The lowest BCUT2D eigenvalue weighted by Crippen LogP contribution is -2.44. The van der Waals surface area contributed by atoms with Crippen LogP contribution < -0.4 is 5.32 Å². The Morgan fingerprint density at radius 1 is 0.828 bits per heavy atom. The van der Waals surface area contributed by atoms with Gasteiger partial charge in [0.1, 0.15) is 5.78 Å². The van der Waals surface area contributed by atoms with Gasteiger partial charge in [0.2, 0.25) is 0 Å². The largest absolute Gasteiger partial charge is 0.301 e.